The van der Waals surface area contributed by atoms with Gasteiger partial charge in [0.25, 0.3) is 0 Å². The summed E-state index contributed by atoms with van der Waals surface area (Å²) in [6.07, 6.45) is -9.92. The maximum atomic E-state index is 10.4. The van der Waals surface area contributed by atoms with Gasteiger partial charge < -0.3 is 59.1 Å². The van der Waals surface area contributed by atoms with E-state index in [4.69, 9.17) is 28.4 Å². The van der Waals surface area contributed by atoms with Crippen LogP contribution in [0.3, 0.4) is 0 Å². The van der Waals surface area contributed by atoms with Crippen LogP contribution < -0.4 is 14.2 Å². The zero-order valence-electron chi connectivity index (χ0n) is 22.3. The maximum absolute atomic E-state index is 10.4. The molecule has 2 aromatic carbocycles. The molecular weight excluding hydrogens is 528 g/mol. The molecule has 2 aliphatic heterocycles. The number of aliphatic hydroxyl groups excluding tert-OH is 6. The molecule has 12 heteroatoms. The fourth-order valence-corrected chi connectivity index (χ4v) is 4.40. The molecule has 0 amide bonds. The molecule has 0 aromatic heterocycles. The van der Waals surface area contributed by atoms with Crippen molar-refractivity contribution in [1.82, 2.24) is 0 Å². The smallest absolute Gasteiger partial charge is 0.229 e. The van der Waals surface area contributed by atoms with Gasteiger partial charge >= 0.3 is 0 Å². The van der Waals surface area contributed by atoms with Crippen molar-refractivity contribution in [3.8, 4) is 17.2 Å². The molecule has 0 unspecified atom stereocenters. The number of aliphatic hydroxyl groups is 6. The molecule has 10 atom stereocenters. The Balaban J connectivity index is 1.37. The van der Waals surface area contributed by atoms with Crippen molar-refractivity contribution >= 4 is 12.2 Å². The summed E-state index contributed by atoms with van der Waals surface area (Å²) in [5.41, 5.74) is 1.73. The van der Waals surface area contributed by atoms with Gasteiger partial charge in [-0.3, -0.25) is 0 Å². The van der Waals surface area contributed by atoms with Crippen LogP contribution in [0, 0.1) is 0 Å². The van der Waals surface area contributed by atoms with Crippen molar-refractivity contribution in [3.05, 3.63) is 53.6 Å². The molecule has 0 saturated carbocycles. The molecule has 0 radical (unpaired) electrons. The van der Waals surface area contributed by atoms with Crippen molar-refractivity contribution < 1.29 is 59.1 Å². The number of benzene rings is 2. The largest absolute Gasteiger partial charge is 0.497 e. The molecule has 0 aliphatic carbocycles. The highest BCUT2D eigenvalue weighted by molar-refractivity contribution is 5.71. The lowest BCUT2D eigenvalue weighted by molar-refractivity contribution is -0.318. The number of ether oxygens (including phenoxy) is 6. The van der Waals surface area contributed by atoms with E-state index < -0.39 is 61.4 Å². The third-order valence-corrected chi connectivity index (χ3v) is 6.88. The summed E-state index contributed by atoms with van der Waals surface area (Å²) in [7, 11) is 3.16. The number of methoxy groups -OCH3 is 2. The van der Waals surface area contributed by atoms with Gasteiger partial charge in [-0.15, -0.1) is 0 Å². The van der Waals surface area contributed by atoms with Crippen molar-refractivity contribution in [2.45, 2.75) is 68.3 Å². The van der Waals surface area contributed by atoms with Crippen LogP contribution in [-0.4, -0.2) is 113 Å². The van der Waals surface area contributed by atoms with Crippen LogP contribution in [0.5, 0.6) is 17.2 Å². The molecule has 220 valence electrons. The Bertz CT molecular complexity index is 1100. The minimum absolute atomic E-state index is 0.337. The first-order chi connectivity index (χ1) is 19.1. The van der Waals surface area contributed by atoms with E-state index in [0.29, 0.717) is 17.2 Å². The zero-order valence-corrected chi connectivity index (χ0v) is 22.3. The lowest BCUT2D eigenvalue weighted by atomic mass is 9.98. The summed E-state index contributed by atoms with van der Waals surface area (Å²) < 4.78 is 32.9. The van der Waals surface area contributed by atoms with Crippen LogP contribution in [0.25, 0.3) is 12.2 Å². The fourth-order valence-electron chi connectivity index (χ4n) is 4.40. The van der Waals surface area contributed by atoms with Crippen molar-refractivity contribution in [2.24, 2.45) is 0 Å². The second-order valence-electron chi connectivity index (χ2n) is 9.70. The van der Waals surface area contributed by atoms with E-state index in [1.165, 1.54) is 6.92 Å². The van der Waals surface area contributed by atoms with Crippen LogP contribution >= 0.6 is 0 Å². The van der Waals surface area contributed by atoms with Gasteiger partial charge in [0.05, 0.1) is 26.9 Å². The molecule has 12 nitrogen and oxygen atoms in total. The number of rotatable bonds is 9. The predicted octanol–water partition coefficient (Wildman–Crippen LogP) is -0.0953. The Kier molecular flexibility index (Phi) is 10.0. The van der Waals surface area contributed by atoms with Gasteiger partial charge in [-0.05, 0) is 42.3 Å². The van der Waals surface area contributed by atoms with Gasteiger partial charge in [-0.2, -0.15) is 0 Å². The first-order valence-corrected chi connectivity index (χ1v) is 12.8. The van der Waals surface area contributed by atoms with Gasteiger partial charge in [-0.1, -0.05) is 24.3 Å². The van der Waals surface area contributed by atoms with Gasteiger partial charge in [-0.25, -0.2) is 0 Å². The predicted molar refractivity (Wildman–Crippen MR) is 141 cm³/mol. The van der Waals surface area contributed by atoms with Crippen LogP contribution in [0.15, 0.2) is 42.5 Å². The van der Waals surface area contributed by atoms with E-state index in [2.05, 4.69) is 0 Å². The Morgan fingerprint density at radius 3 is 1.85 bits per heavy atom. The molecule has 2 fully saturated rings. The molecule has 6 N–H and O–H groups in total. The number of hydrogen-bond acceptors (Lipinski definition) is 12. The second kappa shape index (κ2) is 13.3. The highest BCUT2D eigenvalue weighted by Crippen LogP contribution is 2.28. The van der Waals surface area contributed by atoms with Crippen LogP contribution in [0.2, 0.25) is 0 Å². The Morgan fingerprint density at radius 1 is 0.650 bits per heavy atom. The van der Waals surface area contributed by atoms with Gasteiger partial charge in [0.1, 0.15) is 60.0 Å². The summed E-state index contributed by atoms with van der Waals surface area (Å²) in [4.78, 5) is 0. The average Bonchev–Trinajstić information content (AvgIpc) is 2.97. The third-order valence-electron chi connectivity index (χ3n) is 6.88. The zero-order chi connectivity index (χ0) is 29.0. The van der Waals surface area contributed by atoms with Crippen molar-refractivity contribution in [2.75, 3.05) is 20.8 Å². The SMILES string of the molecule is COc1cc(/C=C/c2ccc(O[C@@H]3O[C@H](CO[C@H]4O[C@@H](C)[C@H](O)[C@@H](O)[C@H]4O)[C@@H](O)[C@H](O)[C@H]3O)cc2)cc(OC)c1. The first kappa shape index (κ1) is 30.2. The van der Waals surface area contributed by atoms with E-state index >= 15 is 0 Å². The van der Waals surface area contributed by atoms with E-state index in [1.807, 2.05) is 24.3 Å². The minimum atomic E-state index is -1.61. The summed E-state index contributed by atoms with van der Waals surface area (Å²) in [6, 6.07) is 12.4. The van der Waals surface area contributed by atoms with Crippen LogP contribution in [0.4, 0.5) is 0 Å². The first-order valence-electron chi connectivity index (χ1n) is 12.8. The molecule has 2 heterocycles. The van der Waals surface area contributed by atoms with Crippen molar-refractivity contribution in [3.63, 3.8) is 0 Å². The van der Waals surface area contributed by atoms with Gasteiger partial charge in [0.15, 0.2) is 6.29 Å². The maximum Gasteiger partial charge on any atom is 0.229 e. The normalized spacial score (nSPS) is 34.5. The fraction of sp³-hybridized carbons (Fsp3) is 0.500. The third kappa shape index (κ3) is 6.92. The Hall–Kier alpha value is -2.78. The average molecular weight is 565 g/mol. The molecule has 2 saturated heterocycles. The summed E-state index contributed by atoms with van der Waals surface area (Å²) in [5, 5.41) is 61.1. The lowest BCUT2D eigenvalue weighted by Crippen LogP contribution is -2.61. The summed E-state index contributed by atoms with van der Waals surface area (Å²) in [5.74, 6) is 1.67. The van der Waals surface area contributed by atoms with Crippen LogP contribution in [0.1, 0.15) is 18.1 Å². The van der Waals surface area contributed by atoms with E-state index in [9.17, 15) is 30.6 Å². The van der Waals surface area contributed by atoms with E-state index in [-0.39, 0.29) is 6.61 Å². The highest BCUT2D eigenvalue weighted by Gasteiger charge is 2.47. The van der Waals surface area contributed by atoms with E-state index in [0.717, 1.165) is 11.1 Å². The standard InChI is InChI=1S/C28H36O12/c1-14-21(29)23(31)25(33)27(38-14)37-13-20-22(30)24(32)26(34)28(40-20)39-17-8-6-15(7-9-17)4-5-16-10-18(35-2)12-19(11-16)36-3/h4-12,14,20-34H,13H2,1-3H3/b5-4+/t14-,20+,21-,22+,23+,24-,25+,26+,27-,28+/m0/s1. The molecular formula is C28H36O12. The van der Waals surface area contributed by atoms with Gasteiger partial charge in [0, 0.05) is 6.07 Å². The molecule has 2 aliphatic rings. The molecule has 0 bridgehead atoms. The number of hydrogen-bond donors (Lipinski definition) is 6. The topological polar surface area (TPSA) is 177 Å². The second-order valence-corrected chi connectivity index (χ2v) is 9.70. The summed E-state index contributed by atoms with van der Waals surface area (Å²) in [6.45, 7) is 1.13. The highest BCUT2D eigenvalue weighted by atomic mass is 16.7. The van der Waals surface area contributed by atoms with Gasteiger partial charge in [0.2, 0.25) is 6.29 Å². The van der Waals surface area contributed by atoms with Crippen molar-refractivity contribution in [1.29, 1.82) is 0 Å². The molecule has 40 heavy (non-hydrogen) atoms. The molecule has 0 spiro atoms. The van der Waals surface area contributed by atoms with E-state index in [1.54, 1.807) is 44.6 Å². The van der Waals surface area contributed by atoms with Crippen LogP contribution in [-0.2, 0) is 14.2 Å². The molecule has 2 aromatic rings. The molecule has 4 rings (SSSR count). The Labute approximate surface area is 231 Å². The quantitative estimate of drug-likeness (QED) is 0.223. The lowest BCUT2D eigenvalue weighted by Gasteiger charge is -2.42. The minimum Gasteiger partial charge on any atom is -0.497 e. The summed E-state index contributed by atoms with van der Waals surface area (Å²) >= 11 is 0. The Morgan fingerprint density at radius 2 is 1.23 bits per heavy atom. The monoisotopic (exact) mass is 564 g/mol.